The van der Waals surface area contributed by atoms with E-state index in [-0.39, 0.29) is 103 Å². The fourth-order valence-corrected chi connectivity index (χ4v) is 15.9. The lowest BCUT2D eigenvalue weighted by atomic mass is 9.93. The molecule has 46 heteroatoms. The number of carbonyl (C=O) groups excluding carboxylic acids is 5. The number of nitrogens with zero attached hydrogens (tertiary/aromatic N) is 16. The van der Waals surface area contributed by atoms with E-state index in [9.17, 15) is 102 Å². The maximum atomic E-state index is 13.3. The van der Waals surface area contributed by atoms with E-state index in [1.165, 1.54) is 112 Å². The largest absolute Gasteiger partial charge is 0.416 e. The molecule has 141 heavy (non-hydrogen) atoms. The average molecular weight is 2020 g/mol. The summed E-state index contributed by atoms with van der Waals surface area (Å²) in [6, 6.07) is 31.9. The minimum atomic E-state index is -4.59. The molecule has 2 unspecified atom stereocenters. The van der Waals surface area contributed by atoms with Crippen molar-refractivity contribution in [1.82, 2.24) is 78.1 Å². The Bertz CT molecular complexity index is 6730. The summed E-state index contributed by atoms with van der Waals surface area (Å²) < 4.78 is 165. The van der Waals surface area contributed by atoms with Crippen LogP contribution in [0.4, 0.5) is 75.4 Å². The minimum Gasteiger partial charge on any atom is -0.396 e. The molecule has 0 aliphatic rings. The Hall–Kier alpha value is -14.9. The van der Waals surface area contributed by atoms with Crippen molar-refractivity contribution in [2.24, 2.45) is 0 Å². The molecular weight excluding hydrogens is 1940 g/mol. The molecule has 12 heterocycles. The number of hydrogen-bond acceptors (Lipinski definition) is 26. The molecule has 12 aromatic heterocycles. The summed E-state index contributed by atoms with van der Waals surface area (Å²) in [7, 11) is 0. The van der Waals surface area contributed by atoms with Crippen LogP contribution in [0.15, 0.2) is 245 Å². The summed E-state index contributed by atoms with van der Waals surface area (Å²) in [5, 5.41) is 65.7. The van der Waals surface area contributed by atoms with Gasteiger partial charge in [-0.15, -0.1) is 45.3 Å². The number of amides is 4. The number of aliphatic hydroxyl groups is 5. The first-order chi connectivity index (χ1) is 67.4. The molecule has 0 aliphatic carbocycles. The molecule has 16 rings (SSSR count). The number of thiazole rings is 4. The van der Waals surface area contributed by atoms with Gasteiger partial charge in [0.15, 0.2) is 5.82 Å². The smallest absolute Gasteiger partial charge is 0.396 e. The molecule has 4 aromatic carbocycles. The number of imidazole rings is 4. The minimum absolute atomic E-state index is 0.0211. The second-order valence-corrected chi connectivity index (χ2v) is 33.8. The number of rotatable bonds is 32. The molecule has 30 nitrogen and oxygen atoms in total. The van der Waals surface area contributed by atoms with Crippen LogP contribution >= 0.6 is 45.3 Å². The van der Waals surface area contributed by atoms with Crippen molar-refractivity contribution in [3.8, 4) is 45.6 Å². The molecule has 9 N–H and O–H groups in total. The first-order valence-electron chi connectivity index (χ1n) is 42.4. The quantitative estimate of drug-likeness (QED) is 0.0140. The van der Waals surface area contributed by atoms with Crippen LogP contribution in [0.2, 0.25) is 0 Å². The van der Waals surface area contributed by atoms with E-state index in [0.29, 0.717) is 141 Å². The number of alkyl halides is 12. The third-order valence-electron chi connectivity index (χ3n) is 20.9. The van der Waals surface area contributed by atoms with Gasteiger partial charge in [0.2, 0.25) is 5.78 Å². The summed E-state index contributed by atoms with van der Waals surface area (Å²) >= 11 is 5.23. The highest BCUT2D eigenvalue weighted by molar-refractivity contribution is 7.08. The van der Waals surface area contributed by atoms with Crippen molar-refractivity contribution in [3.63, 3.8) is 0 Å². The molecular formula is C95H82F12N20O10S4. The molecule has 2 atom stereocenters. The predicted octanol–water partition coefficient (Wildman–Crippen LogP) is 18.9. The normalized spacial score (nSPS) is 12.2. The zero-order valence-corrected chi connectivity index (χ0v) is 77.2. The van der Waals surface area contributed by atoms with Crippen molar-refractivity contribution < 1.29 is 102 Å². The molecule has 16 aromatic rings. The Morgan fingerprint density at radius 2 is 0.688 bits per heavy atom. The third-order valence-corrected chi connectivity index (χ3v) is 23.3. The Balaban J connectivity index is 0.000000158. The van der Waals surface area contributed by atoms with Gasteiger partial charge in [0, 0.05) is 116 Å². The molecule has 0 saturated carbocycles. The number of halogens is 12. The van der Waals surface area contributed by atoms with Crippen molar-refractivity contribution in [3.05, 3.63) is 336 Å². The van der Waals surface area contributed by atoms with E-state index in [1.54, 1.807) is 145 Å². The molecule has 4 amide bonds. The van der Waals surface area contributed by atoms with Crippen molar-refractivity contribution in [1.29, 1.82) is 0 Å². The summed E-state index contributed by atoms with van der Waals surface area (Å²) in [5.74, 6) is -1.61. The van der Waals surface area contributed by atoms with Crippen LogP contribution in [0.1, 0.15) is 160 Å². The van der Waals surface area contributed by atoms with E-state index in [2.05, 4.69) is 87.7 Å². The number of hydrogen-bond donors (Lipinski definition) is 9. The number of anilines is 4. The van der Waals surface area contributed by atoms with Gasteiger partial charge in [0.25, 0.3) is 23.6 Å². The maximum Gasteiger partial charge on any atom is 0.416 e. The first kappa shape index (κ1) is 103. The van der Waals surface area contributed by atoms with Gasteiger partial charge >= 0.3 is 24.7 Å². The fourth-order valence-electron chi connectivity index (χ4n) is 13.8. The number of pyridine rings is 4. The van der Waals surface area contributed by atoms with Crippen LogP contribution in [0.3, 0.4) is 0 Å². The number of ketones is 1. The van der Waals surface area contributed by atoms with Gasteiger partial charge in [-0.3, -0.25) is 43.9 Å². The van der Waals surface area contributed by atoms with E-state index >= 15 is 0 Å². The molecule has 730 valence electrons. The summed E-state index contributed by atoms with van der Waals surface area (Å²) in [6.07, 6.45) is -4.04. The van der Waals surface area contributed by atoms with Crippen LogP contribution < -0.4 is 21.3 Å². The van der Waals surface area contributed by atoms with E-state index in [1.807, 2.05) is 4.57 Å². The molecule has 0 radical (unpaired) electrons. The Morgan fingerprint density at radius 3 is 1.07 bits per heavy atom. The predicted molar refractivity (Wildman–Crippen MR) is 502 cm³/mol. The fraction of sp³-hybridized carbons (Fsp3) is 0.211. The molecule has 0 saturated heterocycles. The van der Waals surface area contributed by atoms with Gasteiger partial charge in [-0.1, -0.05) is 68.1 Å². The van der Waals surface area contributed by atoms with Gasteiger partial charge in [-0.05, 0) is 140 Å². The Kier molecular flexibility index (Phi) is 33.9. The maximum absolute atomic E-state index is 13.3. The number of carbonyl (C=O) groups is 5. The standard InChI is InChI=1S/C24H22F3N5O3S.C24H22F3N5O2S.C24H20F3N5O2S.C23H18F3N5O3S/c1-23(35,15-4-2-5-16(10-15)24(25,26)27)22-31-19(12-32(22)8-3-9-33)18-7-6-17(11-28-18)30-21(34)20-13-36-14-29-20;2*1-15(16-4-2-5-17(10-16)24(25,26)27)22-31-20(12-32(22)8-3-9-33)19-7-6-18(11-28-19)30-23(34)21-13-35-14-29-21;24-23(25,26)15-4-1-3-14(9-15)20(33)21-30-18(11-31(21)7-2-8-32)17-6-5-16(10-27-17)29-22(34)19-12-35-13-28-19/h2,4-7,10-14,33,35H,3,8-9H2,1H3,(H,30,34);2,4-7,10-15,33H,3,8-9H2,1H3,(H,30,34);2,4-7,10-14,33H,1,3,8-9H2,(H,30,34);1,3-6,9-13,32H,2,7-8H2,(H,29,34). The molecule has 0 aliphatic heterocycles. The van der Waals surface area contributed by atoms with Gasteiger partial charge in [0.05, 0.1) is 115 Å². The highest BCUT2D eigenvalue weighted by Gasteiger charge is 2.38. The Morgan fingerprint density at radius 1 is 0.369 bits per heavy atom. The number of benzene rings is 4. The third kappa shape index (κ3) is 27.0. The van der Waals surface area contributed by atoms with Crippen molar-refractivity contribution in [2.45, 2.75) is 102 Å². The molecule has 0 fully saturated rings. The highest BCUT2D eigenvalue weighted by Crippen LogP contribution is 2.40. The van der Waals surface area contributed by atoms with E-state index in [0.717, 1.165) is 54.6 Å². The van der Waals surface area contributed by atoms with Gasteiger partial charge in [-0.2, -0.15) is 52.7 Å². The van der Waals surface area contributed by atoms with Gasteiger partial charge < -0.3 is 65.1 Å². The topological polar surface area (TPSA) is 409 Å². The SMILES string of the molecule is C=C(c1cccc(C(F)(F)F)c1)c1nc(-c2ccc(NC(=O)c3cscn3)cn2)cn1CCCO.CC(O)(c1cccc(C(F)(F)F)c1)c1nc(-c2ccc(NC(=O)c3cscn3)cn2)cn1CCCO.CC(c1cccc(C(F)(F)F)c1)c1nc(-c2ccc(NC(=O)c3cscn3)cn2)cn1CCCO.O=C(Nc1ccc(-c2cn(CCCO)c(C(=O)c3cccc(C(F)(F)F)c3)n2)nc1)c1cscn1. The summed E-state index contributed by atoms with van der Waals surface area (Å²) in [6.45, 7) is 8.12. The van der Waals surface area contributed by atoms with Gasteiger partial charge in [-0.25, -0.2) is 39.9 Å². The Labute approximate surface area is 809 Å². The first-order valence-corrected chi connectivity index (χ1v) is 46.2. The second-order valence-electron chi connectivity index (χ2n) is 30.9. The lowest BCUT2D eigenvalue weighted by molar-refractivity contribution is -0.138. The van der Waals surface area contributed by atoms with Gasteiger partial charge in [0.1, 0.15) is 68.6 Å². The second kappa shape index (κ2) is 46.2. The lowest BCUT2D eigenvalue weighted by Crippen LogP contribution is -2.28. The van der Waals surface area contributed by atoms with Crippen molar-refractivity contribution >= 4 is 103 Å². The average Bonchev–Trinajstić information content (AvgIpc) is 1.30. The molecule has 0 bridgehead atoms. The number of nitrogens with one attached hydrogen (secondary N) is 4. The number of aromatic nitrogens is 16. The van der Waals surface area contributed by atoms with Crippen LogP contribution in [-0.2, 0) is 56.5 Å². The van der Waals surface area contributed by atoms with E-state index < -0.39 is 64.3 Å². The van der Waals surface area contributed by atoms with Crippen LogP contribution in [0.25, 0.3) is 51.1 Å². The molecule has 0 spiro atoms. The summed E-state index contributed by atoms with van der Waals surface area (Å²) in [4.78, 5) is 113. The van der Waals surface area contributed by atoms with Crippen LogP contribution in [-0.4, -0.2) is 159 Å². The van der Waals surface area contributed by atoms with Crippen LogP contribution in [0, 0.1) is 0 Å². The van der Waals surface area contributed by atoms with E-state index in [4.69, 9.17) is 0 Å². The summed E-state index contributed by atoms with van der Waals surface area (Å²) in [5.41, 5.74) is 8.54. The number of aryl methyl sites for hydroxylation is 4. The number of aliphatic hydroxyl groups excluding tert-OH is 4. The lowest BCUT2D eigenvalue weighted by Gasteiger charge is -2.25. The zero-order chi connectivity index (χ0) is 101. The van der Waals surface area contributed by atoms with Crippen LogP contribution in [0.5, 0.6) is 0 Å². The highest BCUT2D eigenvalue weighted by atomic mass is 32.1. The van der Waals surface area contributed by atoms with Crippen molar-refractivity contribution in [2.75, 3.05) is 47.7 Å². The zero-order valence-electron chi connectivity index (χ0n) is 74.0. The monoisotopic (exact) mass is 2020 g/mol.